The van der Waals surface area contributed by atoms with Crippen LogP contribution >= 0.6 is 0 Å². The second kappa shape index (κ2) is 25.5. The quantitative estimate of drug-likeness (QED) is 0.0791. The van der Waals surface area contributed by atoms with Gasteiger partial charge in [-0.25, -0.2) is 26.3 Å². The predicted molar refractivity (Wildman–Crippen MR) is 327 cm³/mol. The van der Waals surface area contributed by atoms with Gasteiger partial charge in [0, 0.05) is 25.7 Å². The van der Waals surface area contributed by atoms with Crippen molar-refractivity contribution in [3.8, 4) is 23.0 Å². The molecule has 0 aliphatic heterocycles. The molecule has 0 unspecified atom stereocenters. The maximum atomic E-state index is 14.0. The zero-order valence-corrected chi connectivity index (χ0v) is 52.4. The van der Waals surface area contributed by atoms with E-state index in [1.165, 1.54) is 24.3 Å². The molecule has 8 bridgehead atoms. The first-order valence-corrected chi connectivity index (χ1v) is 31.7. The zero-order chi connectivity index (χ0) is 60.0. The molecular weight excluding hydrogens is 1070 g/mol. The molecule has 0 fully saturated rings. The maximum Gasteiger partial charge on any atom is 0.271 e. The molecule has 0 aromatic heterocycles. The summed E-state index contributed by atoms with van der Waals surface area (Å²) in [6, 6.07) is 32.9. The van der Waals surface area contributed by atoms with E-state index in [1.807, 2.05) is 0 Å². The van der Waals surface area contributed by atoms with Crippen LogP contribution in [0.1, 0.15) is 189 Å². The molecule has 0 saturated heterocycles. The van der Waals surface area contributed by atoms with Crippen molar-refractivity contribution < 1.29 is 45.4 Å². The zero-order valence-electron chi connectivity index (χ0n) is 50.8. The number of carbonyl (C=O) groups excluding carboxylic acids is 2. The number of sulfonamides is 2. The lowest BCUT2D eigenvalue weighted by molar-refractivity contribution is -0.122. The molecule has 0 radical (unpaired) electrons. The summed E-state index contributed by atoms with van der Waals surface area (Å²) in [5.74, 6) is 0.628. The predicted octanol–water partition coefficient (Wildman–Crippen LogP) is 13.7. The van der Waals surface area contributed by atoms with Gasteiger partial charge in [-0.15, -0.1) is 0 Å². The van der Waals surface area contributed by atoms with Crippen molar-refractivity contribution in [1.29, 1.82) is 0 Å². The number of hydrogen-bond acceptors (Lipinski definition) is 10. The molecule has 7 rings (SSSR count). The Balaban J connectivity index is 1.55. The Kier molecular flexibility index (Phi) is 19.5. The Morgan fingerprint density at radius 2 is 0.622 bits per heavy atom. The fourth-order valence-electron chi connectivity index (χ4n) is 9.95. The smallest absolute Gasteiger partial charge is 0.271 e. The summed E-state index contributed by atoms with van der Waals surface area (Å²) in [5, 5.41) is 0. The Hall–Kier alpha value is -6.64. The molecule has 82 heavy (non-hydrogen) atoms. The first-order valence-electron chi connectivity index (χ1n) is 28.8. The van der Waals surface area contributed by atoms with Gasteiger partial charge in [-0.1, -0.05) is 195 Å². The third kappa shape index (κ3) is 15.9. The van der Waals surface area contributed by atoms with Crippen LogP contribution in [0.15, 0.2) is 119 Å². The van der Waals surface area contributed by atoms with Gasteiger partial charge in [-0.05, 0) is 126 Å². The molecule has 6 aromatic rings. The number of carbonyl (C=O) groups is 2. The lowest BCUT2D eigenvalue weighted by Gasteiger charge is -2.29. The van der Waals surface area contributed by atoms with E-state index in [0.29, 0.717) is 61.9 Å². The summed E-state index contributed by atoms with van der Waals surface area (Å²) in [6.45, 7) is 30.0. The largest absolute Gasteiger partial charge is 0.493 e. The van der Waals surface area contributed by atoms with Crippen molar-refractivity contribution in [2.45, 2.75) is 180 Å². The topological polar surface area (TPSA) is 163 Å². The monoisotopic (exact) mass is 1150 g/mol. The number of hydrogen-bond donors (Lipinski definition) is 2. The average Bonchev–Trinajstić information content (AvgIpc) is 3.54. The van der Waals surface area contributed by atoms with Crippen molar-refractivity contribution in [2.24, 2.45) is 0 Å². The van der Waals surface area contributed by atoms with Gasteiger partial charge in [0.05, 0.1) is 23.0 Å². The third-order valence-electron chi connectivity index (χ3n) is 14.7. The lowest BCUT2D eigenvalue weighted by atomic mass is 9.79. The molecular formula is C68H86N2O10S2. The van der Waals surface area contributed by atoms with E-state index >= 15 is 0 Å². The van der Waals surface area contributed by atoms with Crippen LogP contribution in [-0.2, 0) is 77.0 Å². The van der Waals surface area contributed by atoms with Gasteiger partial charge in [0.15, 0.2) is 13.2 Å². The molecule has 0 saturated carbocycles. The molecule has 1 aliphatic rings. The minimum absolute atomic E-state index is 0.0399. The van der Waals surface area contributed by atoms with Gasteiger partial charge in [0.2, 0.25) is 0 Å². The van der Waals surface area contributed by atoms with Crippen molar-refractivity contribution >= 4 is 31.9 Å². The molecule has 1 aliphatic carbocycles. The van der Waals surface area contributed by atoms with Crippen LogP contribution in [0.5, 0.6) is 23.0 Å². The van der Waals surface area contributed by atoms with E-state index in [2.05, 4.69) is 155 Å². The van der Waals surface area contributed by atoms with Gasteiger partial charge >= 0.3 is 0 Å². The Bertz CT molecular complexity index is 3160. The molecule has 0 atom stereocenters. The average molecular weight is 1160 g/mol. The van der Waals surface area contributed by atoms with Gasteiger partial charge < -0.3 is 18.9 Å². The second-order valence-corrected chi connectivity index (χ2v) is 29.2. The molecule has 2 amide bonds. The summed E-state index contributed by atoms with van der Waals surface area (Å²) in [4.78, 5) is 27.9. The minimum Gasteiger partial charge on any atom is -0.493 e. The summed E-state index contributed by atoms with van der Waals surface area (Å²) >= 11 is 0. The summed E-state index contributed by atoms with van der Waals surface area (Å²) in [7, 11) is -8.43. The minimum atomic E-state index is -4.22. The number of unbranched alkanes of at least 4 members (excludes halogenated alkanes) is 2. The maximum absolute atomic E-state index is 14.0. The van der Waals surface area contributed by atoms with E-state index in [0.717, 1.165) is 92.4 Å². The summed E-state index contributed by atoms with van der Waals surface area (Å²) < 4.78 is 86.3. The van der Waals surface area contributed by atoms with Crippen LogP contribution in [0.4, 0.5) is 0 Å². The number of nitrogens with one attached hydrogen (secondary N) is 2. The highest BCUT2D eigenvalue weighted by molar-refractivity contribution is 7.90. The van der Waals surface area contributed by atoms with Crippen LogP contribution in [0.25, 0.3) is 0 Å². The molecule has 6 aromatic carbocycles. The van der Waals surface area contributed by atoms with Crippen LogP contribution in [0.3, 0.4) is 0 Å². The van der Waals surface area contributed by atoms with Crippen LogP contribution < -0.4 is 28.4 Å². The van der Waals surface area contributed by atoms with Crippen molar-refractivity contribution in [2.75, 3.05) is 26.4 Å². The van der Waals surface area contributed by atoms with Gasteiger partial charge in [-0.2, -0.15) is 0 Å². The van der Waals surface area contributed by atoms with E-state index in [4.69, 9.17) is 18.9 Å². The van der Waals surface area contributed by atoms with E-state index in [9.17, 15) is 26.4 Å². The van der Waals surface area contributed by atoms with E-state index in [-0.39, 0.29) is 31.5 Å². The van der Waals surface area contributed by atoms with E-state index < -0.39 is 45.1 Å². The first kappa shape index (κ1) is 63.0. The molecule has 0 spiro atoms. The van der Waals surface area contributed by atoms with Crippen LogP contribution in [-0.4, -0.2) is 55.1 Å². The normalized spacial score (nSPS) is 13.2. The highest BCUT2D eigenvalue weighted by atomic mass is 32.2. The van der Waals surface area contributed by atoms with Gasteiger partial charge in [0.1, 0.15) is 23.0 Å². The standard InChI is InChI=1S/C68H86N2O10S2/c1-15-17-29-77-61-45-31-49-39-55(67(9,10)11)41-51(63(49)79-43-59(71)69-81(73,74)57-25-21-19-22-26-57)33-47-37-54(66(6,7)8)38-48(62(47)78-30-18-16-2)34-52-42-56(68(12,13)14)40-50(32-46(61)36-53(35-45)65(3,4)5)64(52)80-44-60(72)70-82(75,76)58-27-23-20-24-28-58/h19-28,35-42H,15-18,29-34,43-44H2,1-14H3,(H,69,71)(H,70,72). The highest BCUT2D eigenvalue weighted by Crippen LogP contribution is 2.45. The molecule has 12 nitrogen and oxygen atoms in total. The molecule has 14 heteroatoms. The number of rotatable bonds is 18. The first-order chi connectivity index (χ1) is 38.4. The highest BCUT2D eigenvalue weighted by Gasteiger charge is 2.31. The van der Waals surface area contributed by atoms with Crippen molar-refractivity contribution in [3.05, 3.63) is 176 Å². The SMILES string of the molecule is CCCCOc1c2cc(C(C)(C)C)cc1Cc1cc(C(C)(C)C)cc(c1OCC(=O)NS(=O)(=O)c1ccccc1)Cc1cc(C(C)(C)C)cc(c1OCCCC)Cc1cc(C(C)(C)C)cc(c1OCC(=O)NS(=O)(=O)c1ccccc1)C2. The molecule has 440 valence electrons. The Morgan fingerprint density at radius 3 is 0.841 bits per heavy atom. The fraction of sp³-hybridized carbons (Fsp3) is 0.441. The lowest BCUT2D eigenvalue weighted by Crippen LogP contribution is -2.34. The molecule has 2 N–H and O–H groups in total. The second-order valence-electron chi connectivity index (χ2n) is 25.9. The van der Waals surface area contributed by atoms with E-state index in [1.54, 1.807) is 36.4 Å². The number of benzene rings is 6. The number of ether oxygens (including phenoxy) is 4. The fourth-order valence-corrected chi connectivity index (χ4v) is 11.9. The summed E-state index contributed by atoms with van der Waals surface area (Å²) in [5.41, 5.74) is 9.39. The van der Waals surface area contributed by atoms with Crippen molar-refractivity contribution in [3.63, 3.8) is 0 Å². The molecule has 0 heterocycles. The van der Waals surface area contributed by atoms with Gasteiger partial charge in [0.25, 0.3) is 31.9 Å². The van der Waals surface area contributed by atoms with Crippen LogP contribution in [0.2, 0.25) is 0 Å². The Labute approximate surface area is 489 Å². The summed E-state index contributed by atoms with van der Waals surface area (Å²) in [6.07, 6.45) is 4.55. The number of amides is 2. The van der Waals surface area contributed by atoms with Crippen LogP contribution in [0, 0.1) is 0 Å². The number of fused-ring (bicyclic) bond motifs is 8. The Morgan fingerprint density at radius 1 is 0.390 bits per heavy atom. The third-order valence-corrected chi connectivity index (χ3v) is 17.5. The van der Waals surface area contributed by atoms with Gasteiger partial charge in [-0.3, -0.25) is 9.59 Å². The van der Waals surface area contributed by atoms with Crippen molar-refractivity contribution in [1.82, 2.24) is 9.44 Å².